The molecule has 0 amide bonds. The predicted octanol–water partition coefficient (Wildman–Crippen LogP) is -0.353. The summed E-state index contributed by atoms with van der Waals surface area (Å²) in [6, 6.07) is 0. The number of rotatable bonds is 0. The molecule has 0 rings (SSSR count). The molecule has 2 nitrogen and oxygen atoms in total. The molecule has 4 heteroatoms. The number of hydrogen-bond donors (Lipinski definition) is 1. The molecule has 26 valence electrons. The van der Waals surface area contributed by atoms with Gasteiger partial charge in [-0.25, -0.2) is 0 Å². The summed E-state index contributed by atoms with van der Waals surface area (Å²) in [5.74, 6) is 0. The van der Waals surface area contributed by atoms with Gasteiger partial charge in [0.1, 0.15) is 0 Å². The molecule has 1 N–H and O–H groups in total. The van der Waals surface area contributed by atoms with Crippen LogP contribution in [0.15, 0.2) is 0 Å². The minimum absolute atomic E-state index is 0. The van der Waals surface area contributed by atoms with Crippen molar-refractivity contribution in [2.24, 2.45) is 0 Å². The zero-order chi connectivity index (χ0) is 2.71. The molecule has 0 saturated carbocycles. The molecular formula is H3O2PW. The van der Waals surface area contributed by atoms with Gasteiger partial charge in [0.05, 0.1) is 0 Å². The summed E-state index contributed by atoms with van der Waals surface area (Å²) in [5.41, 5.74) is 0. The first-order valence-corrected chi connectivity index (χ1v) is 1.48. The SMILES string of the molecule is O=[PH2]O.[W]. The molecule has 0 heterocycles. The third-order valence-corrected chi connectivity index (χ3v) is 0. The molecule has 4 heavy (non-hydrogen) atoms. The Balaban J connectivity index is 0. The van der Waals surface area contributed by atoms with Crippen LogP contribution in [0, 0.1) is 0 Å². The van der Waals surface area contributed by atoms with E-state index in [-0.39, 0.29) is 21.1 Å². The quantitative estimate of drug-likeness (QED) is 0.596. The third kappa shape index (κ3) is 13.2. The Morgan fingerprint density at radius 2 is 1.75 bits per heavy atom. The number of hydrogen-bond acceptors (Lipinski definition) is 1. The van der Waals surface area contributed by atoms with Gasteiger partial charge in [-0.15, -0.1) is 0 Å². The van der Waals surface area contributed by atoms with E-state index < -0.39 is 8.69 Å². The maximum Gasteiger partial charge on any atom is 0.177 e. The van der Waals surface area contributed by atoms with Crippen LogP contribution in [0.1, 0.15) is 0 Å². The van der Waals surface area contributed by atoms with E-state index in [2.05, 4.69) is 0 Å². The summed E-state index contributed by atoms with van der Waals surface area (Å²) in [4.78, 5) is 7.10. The average molecular weight is 250 g/mol. The van der Waals surface area contributed by atoms with Crippen LogP contribution in [-0.4, -0.2) is 4.89 Å². The van der Waals surface area contributed by atoms with Crippen LogP contribution in [-0.2, 0) is 25.6 Å². The first-order chi connectivity index (χ1) is 1.41. The van der Waals surface area contributed by atoms with Crippen molar-refractivity contribution in [3.8, 4) is 0 Å². The normalized spacial score (nSPS) is 7.25. The van der Waals surface area contributed by atoms with Gasteiger partial charge in [-0.3, -0.25) is 4.57 Å². The van der Waals surface area contributed by atoms with Crippen LogP contribution in [0.2, 0.25) is 0 Å². The Bertz CT molecular complexity index is 13.5. The van der Waals surface area contributed by atoms with Gasteiger partial charge in [0.2, 0.25) is 0 Å². The summed E-state index contributed by atoms with van der Waals surface area (Å²) in [5, 5.41) is 0. The predicted molar refractivity (Wildman–Crippen MR) is 12.6 cm³/mol. The standard InChI is InChI=1S/H3O2P.W/c1-3-2;/h3H2,(H,1,2);. The largest absolute Gasteiger partial charge is 0.348 e. The second-order valence-corrected chi connectivity index (χ2v) is 0.316. The molecule has 0 aromatic heterocycles. The van der Waals surface area contributed by atoms with E-state index in [4.69, 9.17) is 9.46 Å². The van der Waals surface area contributed by atoms with E-state index in [0.29, 0.717) is 0 Å². The van der Waals surface area contributed by atoms with Gasteiger partial charge in [-0.2, -0.15) is 0 Å². The zero-order valence-electron chi connectivity index (χ0n) is 1.84. The van der Waals surface area contributed by atoms with Crippen molar-refractivity contribution in [3.05, 3.63) is 0 Å². The molecule has 0 aromatic rings. The van der Waals surface area contributed by atoms with Crippen molar-refractivity contribution < 1.29 is 30.5 Å². The fourth-order valence-electron chi connectivity index (χ4n) is 0. The molecule has 0 radical (unpaired) electrons. The van der Waals surface area contributed by atoms with Crippen LogP contribution in [0.3, 0.4) is 0 Å². The Kier molecular flexibility index (Phi) is 20.2. The van der Waals surface area contributed by atoms with Crippen molar-refractivity contribution in [2.45, 2.75) is 0 Å². The average Bonchev–Trinajstić information content (AvgIpc) is 0.918. The molecule has 0 aliphatic heterocycles. The van der Waals surface area contributed by atoms with Crippen molar-refractivity contribution in [3.63, 3.8) is 0 Å². The summed E-state index contributed by atoms with van der Waals surface area (Å²) in [6.07, 6.45) is 0. The van der Waals surface area contributed by atoms with Crippen LogP contribution in [0.5, 0.6) is 0 Å². The van der Waals surface area contributed by atoms with Crippen LogP contribution < -0.4 is 0 Å². The van der Waals surface area contributed by atoms with Gasteiger partial charge < -0.3 is 4.89 Å². The van der Waals surface area contributed by atoms with E-state index in [0.717, 1.165) is 0 Å². The van der Waals surface area contributed by atoms with E-state index in [9.17, 15) is 0 Å². The molecule has 0 aromatic carbocycles. The van der Waals surface area contributed by atoms with Crippen molar-refractivity contribution in [1.82, 2.24) is 0 Å². The summed E-state index contributed by atoms with van der Waals surface area (Å²) < 4.78 is 8.57. The smallest absolute Gasteiger partial charge is 0.177 e. The minimum atomic E-state index is -1.50. The fraction of sp³-hybridized carbons (Fsp3) is 0. The van der Waals surface area contributed by atoms with Gasteiger partial charge in [0, 0.05) is 21.1 Å². The molecule has 0 bridgehead atoms. The topological polar surface area (TPSA) is 37.3 Å². The second-order valence-electron chi connectivity index (χ2n) is 0.105. The first kappa shape index (κ1) is 8.86. The Morgan fingerprint density at radius 3 is 1.75 bits per heavy atom. The van der Waals surface area contributed by atoms with Crippen molar-refractivity contribution >= 4 is 8.69 Å². The van der Waals surface area contributed by atoms with E-state index in [1.54, 1.807) is 0 Å². The van der Waals surface area contributed by atoms with Gasteiger partial charge in [0.25, 0.3) is 0 Å². The van der Waals surface area contributed by atoms with E-state index in [1.807, 2.05) is 0 Å². The van der Waals surface area contributed by atoms with Crippen molar-refractivity contribution in [1.29, 1.82) is 0 Å². The minimum Gasteiger partial charge on any atom is -0.348 e. The molecule has 0 aliphatic rings. The molecule has 0 aliphatic carbocycles. The Hall–Kier alpha value is 0.878. The van der Waals surface area contributed by atoms with Gasteiger partial charge in [0.15, 0.2) is 8.69 Å². The van der Waals surface area contributed by atoms with Crippen molar-refractivity contribution in [2.75, 3.05) is 0 Å². The molecule has 0 fully saturated rings. The monoisotopic (exact) mass is 250 g/mol. The molecular weight excluding hydrogens is 247 g/mol. The van der Waals surface area contributed by atoms with Crippen LogP contribution in [0.25, 0.3) is 0 Å². The van der Waals surface area contributed by atoms with Crippen LogP contribution in [0.4, 0.5) is 0 Å². The fourth-order valence-corrected chi connectivity index (χ4v) is 0. The first-order valence-electron chi connectivity index (χ1n) is 0.494. The van der Waals surface area contributed by atoms with E-state index >= 15 is 0 Å². The molecule has 0 spiro atoms. The maximum atomic E-state index is 8.57. The summed E-state index contributed by atoms with van der Waals surface area (Å²) in [7, 11) is -1.50. The maximum absolute atomic E-state index is 8.57. The van der Waals surface area contributed by atoms with Crippen LogP contribution >= 0.6 is 8.69 Å². The third-order valence-electron chi connectivity index (χ3n) is 0. The van der Waals surface area contributed by atoms with Gasteiger partial charge in [-0.1, -0.05) is 0 Å². The Morgan fingerprint density at radius 1 is 1.75 bits per heavy atom. The molecule has 0 saturated heterocycles. The second kappa shape index (κ2) is 9.11. The Labute approximate surface area is 39.8 Å². The van der Waals surface area contributed by atoms with Gasteiger partial charge in [-0.05, 0) is 0 Å². The molecule has 1 unspecified atom stereocenters. The van der Waals surface area contributed by atoms with E-state index in [1.165, 1.54) is 0 Å². The molecule has 1 atom stereocenters. The summed E-state index contributed by atoms with van der Waals surface area (Å²) >= 11 is 0. The zero-order valence-corrected chi connectivity index (χ0v) is 5.93. The summed E-state index contributed by atoms with van der Waals surface area (Å²) in [6.45, 7) is 0. The van der Waals surface area contributed by atoms with Gasteiger partial charge >= 0.3 is 0 Å².